The second kappa shape index (κ2) is 3.02. The van der Waals surface area contributed by atoms with Gasteiger partial charge in [0.2, 0.25) is 6.79 Å². The maximum Gasteiger partial charge on any atom is 0.326 e. The Hall–Kier alpha value is -1.95. The monoisotopic (exact) mass is 240 g/mol. The second-order valence-corrected chi connectivity index (χ2v) is 3.66. The van der Waals surface area contributed by atoms with Gasteiger partial charge in [0.25, 0.3) is 5.56 Å². The van der Waals surface area contributed by atoms with E-state index in [4.69, 9.17) is 21.1 Å². The summed E-state index contributed by atoms with van der Waals surface area (Å²) in [5, 5.41) is 0.432. The molecule has 0 fully saturated rings. The molecule has 2 heterocycles. The highest BCUT2D eigenvalue weighted by atomic mass is 35.5. The van der Waals surface area contributed by atoms with E-state index in [1.54, 1.807) is 0 Å². The summed E-state index contributed by atoms with van der Waals surface area (Å²) in [6, 6.07) is 1.50. The third-order valence-electron chi connectivity index (χ3n) is 2.31. The van der Waals surface area contributed by atoms with Gasteiger partial charge < -0.3 is 14.5 Å². The van der Waals surface area contributed by atoms with Gasteiger partial charge in [-0.1, -0.05) is 11.6 Å². The molecule has 0 aliphatic carbocycles. The van der Waals surface area contributed by atoms with Crippen molar-refractivity contribution in [2.75, 3.05) is 6.79 Å². The predicted octanol–water partition coefficient (Wildman–Crippen LogP) is 0.598. The van der Waals surface area contributed by atoms with E-state index in [1.807, 2.05) is 0 Å². The highest BCUT2D eigenvalue weighted by molar-refractivity contribution is 6.35. The van der Waals surface area contributed by atoms with Gasteiger partial charge in [-0.05, 0) is 0 Å². The van der Waals surface area contributed by atoms with Crippen molar-refractivity contribution in [1.29, 1.82) is 0 Å². The maximum absolute atomic E-state index is 11.6. The minimum absolute atomic E-state index is 0.0311. The van der Waals surface area contributed by atoms with E-state index in [9.17, 15) is 9.59 Å². The van der Waals surface area contributed by atoms with E-state index in [1.165, 1.54) is 6.07 Å². The van der Waals surface area contributed by atoms with Crippen LogP contribution in [0.3, 0.4) is 0 Å². The molecule has 0 saturated heterocycles. The molecule has 0 spiro atoms. The molecule has 82 valence electrons. The zero-order valence-corrected chi connectivity index (χ0v) is 8.55. The third kappa shape index (κ3) is 1.13. The summed E-state index contributed by atoms with van der Waals surface area (Å²) in [6.07, 6.45) is 0. The molecule has 0 saturated carbocycles. The van der Waals surface area contributed by atoms with Crippen LogP contribution in [0.1, 0.15) is 0 Å². The Balaban J connectivity index is 2.60. The fourth-order valence-corrected chi connectivity index (χ4v) is 1.90. The van der Waals surface area contributed by atoms with Gasteiger partial charge >= 0.3 is 5.69 Å². The van der Waals surface area contributed by atoms with Crippen molar-refractivity contribution in [2.24, 2.45) is 0 Å². The molecule has 1 aromatic heterocycles. The van der Waals surface area contributed by atoms with Crippen LogP contribution in [0.2, 0.25) is 5.02 Å². The summed E-state index contributed by atoms with van der Waals surface area (Å²) in [5.74, 6) is 0.701. The number of aromatic amines is 2. The van der Waals surface area contributed by atoms with Crippen LogP contribution < -0.4 is 20.7 Å². The van der Waals surface area contributed by atoms with Crippen LogP contribution >= 0.6 is 11.6 Å². The third-order valence-corrected chi connectivity index (χ3v) is 2.61. The lowest BCUT2D eigenvalue weighted by Gasteiger charge is -2.02. The molecule has 0 radical (unpaired) electrons. The van der Waals surface area contributed by atoms with Gasteiger partial charge in [-0.3, -0.25) is 9.78 Å². The fraction of sp³-hybridized carbons (Fsp3) is 0.111. The SMILES string of the molecule is O=c1[nH]c(=O)c2c3c(cc(Cl)c2[nH]1)OCO3. The van der Waals surface area contributed by atoms with Gasteiger partial charge in [-0.25, -0.2) is 4.79 Å². The van der Waals surface area contributed by atoms with E-state index >= 15 is 0 Å². The summed E-state index contributed by atoms with van der Waals surface area (Å²) in [7, 11) is 0. The summed E-state index contributed by atoms with van der Waals surface area (Å²) in [6.45, 7) is 0.0311. The quantitative estimate of drug-likeness (QED) is 0.706. The Morgan fingerprint density at radius 1 is 1.25 bits per heavy atom. The normalized spacial score (nSPS) is 13.3. The highest BCUT2D eigenvalue weighted by Gasteiger charge is 2.21. The number of fused-ring (bicyclic) bond motifs is 3. The van der Waals surface area contributed by atoms with Crippen molar-refractivity contribution in [3.8, 4) is 11.5 Å². The van der Waals surface area contributed by atoms with Gasteiger partial charge in [0.15, 0.2) is 11.5 Å². The number of benzene rings is 1. The Morgan fingerprint density at radius 2 is 2.06 bits per heavy atom. The van der Waals surface area contributed by atoms with Crippen LogP contribution in [0.25, 0.3) is 10.9 Å². The lowest BCUT2D eigenvalue weighted by atomic mass is 10.2. The number of hydrogen-bond donors (Lipinski definition) is 2. The average molecular weight is 241 g/mol. The molecular weight excluding hydrogens is 236 g/mol. The molecule has 0 unspecified atom stereocenters. The molecule has 1 aliphatic heterocycles. The molecule has 0 amide bonds. The largest absolute Gasteiger partial charge is 0.454 e. The van der Waals surface area contributed by atoms with Crippen LogP contribution in [0, 0.1) is 0 Å². The molecule has 1 aliphatic rings. The number of ether oxygens (including phenoxy) is 2. The zero-order valence-electron chi connectivity index (χ0n) is 7.80. The molecule has 3 rings (SSSR count). The first-order chi connectivity index (χ1) is 7.66. The van der Waals surface area contributed by atoms with Gasteiger partial charge in [0.05, 0.1) is 10.5 Å². The Morgan fingerprint density at radius 3 is 2.88 bits per heavy atom. The first kappa shape index (κ1) is 9.29. The molecule has 0 atom stereocenters. The van der Waals surface area contributed by atoms with E-state index in [-0.39, 0.29) is 22.7 Å². The zero-order chi connectivity index (χ0) is 11.3. The van der Waals surface area contributed by atoms with E-state index < -0.39 is 11.2 Å². The first-order valence-corrected chi connectivity index (χ1v) is 4.79. The highest BCUT2D eigenvalue weighted by Crippen LogP contribution is 2.40. The molecular formula is C9H5ClN2O4. The molecule has 2 N–H and O–H groups in total. The molecule has 2 aromatic rings. The van der Waals surface area contributed by atoms with Crippen LogP contribution in [-0.2, 0) is 0 Å². The smallest absolute Gasteiger partial charge is 0.326 e. The Bertz CT molecular complexity index is 703. The topological polar surface area (TPSA) is 84.2 Å². The number of halogens is 1. The van der Waals surface area contributed by atoms with Gasteiger partial charge in [-0.2, -0.15) is 0 Å². The van der Waals surface area contributed by atoms with Crippen molar-refractivity contribution in [2.45, 2.75) is 0 Å². The molecule has 6 nitrogen and oxygen atoms in total. The fourth-order valence-electron chi connectivity index (χ4n) is 1.66. The molecule has 7 heteroatoms. The lowest BCUT2D eigenvalue weighted by Crippen LogP contribution is -2.22. The summed E-state index contributed by atoms with van der Waals surface area (Å²) in [4.78, 5) is 27.3. The summed E-state index contributed by atoms with van der Waals surface area (Å²) >= 11 is 5.93. The Kier molecular flexibility index (Phi) is 1.75. The molecule has 1 aromatic carbocycles. The number of nitrogens with one attached hydrogen (secondary N) is 2. The first-order valence-electron chi connectivity index (χ1n) is 4.41. The minimum Gasteiger partial charge on any atom is -0.454 e. The minimum atomic E-state index is -0.613. The average Bonchev–Trinajstić information content (AvgIpc) is 2.65. The van der Waals surface area contributed by atoms with E-state index in [0.29, 0.717) is 11.5 Å². The van der Waals surface area contributed by atoms with Crippen LogP contribution in [0.15, 0.2) is 15.7 Å². The predicted molar refractivity (Wildman–Crippen MR) is 56.3 cm³/mol. The van der Waals surface area contributed by atoms with Crippen molar-refractivity contribution >= 4 is 22.5 Å². The van der Waals surface area contributed by atoms with Gasteiger partial charge in [-0.15, -0.1) is 0 Å². The second-order valence-electron chi connectivity index (χ2n) is 3.25. The van der Waals surface area contributed by atoms with Gasteiger partial charge in [0, 0.05) is 6.07 Å². The van der Waals surface area contributed by atoms with Crippen LogP contribution in [-0.4, -0.2) is 16.8 Å². The van der Waals surface area contributed by atoms with E-state index in [2.05, 4.69) is 9.97 Å². The lowest BCUT2D eigenvalue weighted by molar-refractivity contribution is 0.175. The number of hydrogen-bond acceptors (Lipinski definition) is 4. The Labute approximate surface area is 92.8 Å². The van der Waals surface area contributed by atoms with Crippen molar-refractivity contribution in [3.05, 3.63) is 31.9 Å². The standard InChI is InChI=1S/C9H5ClN2O4/c10-3-1-4-7(16-2-15-4)5-6(3)11-9(14)12-8(5)13/h1H,2H2,(H2,11,12,13,14). The van der Waals surface area contributed by atoms with E-state index in [0.717, 1.165) is 0 Å². The van der Waals surface area contributed by atoms with Crippen molar-refractivity contribution in [3.63, 3.8) is 0 Å². The number of aromatic nitrogens is 2. The number of rotatable bonds is 0. The summed E-state index contributed by atoms with van der Waals surface area (Å²) < 4.78 is 10.3. The molecule has 16 heavy (non-hydrogen) atoms. The maximum atomic E-state index is 11.6. The van der Waals surface area contributed by atoms with Crippen molar-refractivity contribution in [1.82, 2.24) is 9.97 Å². The van der Waals surface area contributed by atoms with Gasteiger partial charge in [0.1, 0.15) is 5.39 Å². The number of H-pyrrole nitrogens is 2. The van der Waals surface area contributed by atoms with Crippen molar-refractivity contribution < 1.29 is 9.47 Å². The molecule has 0 bridgehead atoms. The summed E-state index contributed by atoms with van der Waals surface area (Å²) in [5.41, 5.74) is -0.916. The van der Waals surface area contributed by atoms with Crippen LogP contribution in [0.4, 0.5) is 0 Å². The van der Waals surface area contributed by atoms with Crippen LogP contribution in [0.5, 0.6) is 11.5 Å².